The maximum Gasteiger partial charge on any atom is 0.259 e. The molecule has 0 radical (unpaired) electrons. The maximum atomic E-state index is 12.8. The number of amides is 2. The lowest BCUT2D eigenvalue weighted by Gasteiger charge is -2.17. The molecule has 0 bridgehead atoms. The number of carbonyl (C=O) groups excluding carboxylic acids is 2. The van der Waals surface area contributed by atoms with Gasteiger partial charge in [-0.05, 0) is 66.3 Å². The molecule has 2 aromatic heterocycles. The lowest BCUT2D eigenvalue weighted by Crippen LogP contribution is -2.28. The van der Waals surface area contributed by atoms with Crippen LogP contribution in [0.5, 0.6) is 0 Å². The van der Waals surface area contributed by atoms with E-state index in [0.29, 0.717) is 29.8 Å². The molecule has 0 aliphatic carbocycles. The van der Waals surface area contributed by atoms with Crippen LogP contribution in [0.15, 0.2) is 77.9 Å². The first-order valence-corrected chi connectivity index (χ1v) is 10.8. The third-order valence-corrected chi connectivity index (χ3v) is 5.86. The highest BCUT2D eigenvalue weighted by molar-refractivity contribution is 6.07. The minimum atomic E-state index is -0.169. The number of hydrogen-bond donors (Lipinski definition) is 2. The fourth-order valence-electron chi connectivity index (χ4n) is 4.19. The van der Waals surface area contributed by atoms with Crippen LogP contribution in [0.4, 0.5) is 11.4 Å². The standard InChI is InChI=1S/C26H22N4O3/c31-24(10-7-19-14-17-4-1-2-6-22(17)29-25(19)32)28-21-8-9-23-18(15-21)11-13-30(23)26(33)20-5-3-12-27-16-20/h1-6,8-9,12,14-16H,7,10-11,13H2,(H,28,31)(H,29,32). The minimum absolute atomic E-state index is 0.0840. The molecule has 0 spiro atoms. The second kappa shape index (κ2) is 8.70. The van der Waals surface area contributed by atoms with E-state index in [-0.39, 0.29) is 23.8 Å². The fraction of sp³-hybridized carbons (Fsp3) is 0.154. The Labute approximate surface area is 190 Å². The number of pyridine rings is 2. The predicted octanol–water partition coefficient (Wildman–Crippen LogP) is 3.70. The smallest absolute Gasteiger partial charge is 0.259 e. The van der Waals surface area contributed by atoms with E-state index in [4.69, 9.17) is 0 Å². The first-order chi connectivity index (χ1) is 16.1. The highest BCUT2D eigenvalue weighted by atomic mass is 16.2. The summed E-state index contributed by atoms with van der Waals surface area (Å²) in [5, 5.41) is 3.85. The van der Waals surface area contributed by atoms with Crippen LogP contribution >= 0.6 is 0 Å². The van der Waals surface area contributed by atoms with Crippen LogP contribution in [0.1, 0.15) is 27.9 Å². The third kappa shape index (κ3) is 4.25. The van der Waals surface area contributed by atoms with Crippen LogP contribution in [0.25, 0.3) is 10.9 Å². The lowest BCUT2D eigenvalue weighted by molar-refractivity contribution is -0.116. The summed E-state index contributed by atoms with van der Waals surface area (Å²) in [5.41, 5.74) is 4.29. The molecule has 164 valence electrons. The van der Waals surface area contributed by atoms with Gasteiger partial charge in [0.2, 0.25) is 5.91 Å². The number of aryl methyl sites for hydroxylation is 1. The number of para-hydroxylation sites is 1. The number of nitrogens with zero attached hydrogens (tertiary/aromatic N) is 2. The van der Waals surface area contributed by atoms with Crippen molar-refractivity contribution in [1.82, 2.24) is 9.97 Å². The van der Waals surface area contributed by atoms with Gasteiger partial charge in [0, 0.05) is 47.8 Å². The highest BCUT2D eigenvalue weighted by Crippen LogP contribution is 2.31. The third-order valence-electron chi connectivity index (χ3n) is 5.86. The molecule has 4 aromatic rings. The van der Waals surface area contributed by atoms with Gasteiger partial charge in [-0.2, -0.15) is 0 Å². The monoisotopic (exact) mass is 438 g/mol. The number of H-pyrrole nitrogens is 1. The molecule has 1 aliphatic heterocycles. The number of aromatic nitrogens is 2. The quantitative estimate of drug-likeness (QED) is 0.497. The molecule has 0 saturated heterocycles. The van der Waals surface area contributed by atoms with E-state index < -0.39 is 0 Å². The van der Waals surface area contributed by atoms with Gasteiger partial charge in [-0.3, -0.25) is 19.4 Å². The zero-order chi connectivity index (χ0) is 22.8. The first kappa shape index (κ1) is 20.6. The second-order valence-electron chi connectivity index (χ2n) is 8.05. The van der Waals surface area contributed by atoms with Crippen molar-refractivity contribution in [3.8, 4) is 0 Å². The van der Waals surface area contributed by atoms with E-state index in [1.54, 1.807) is 35.5 Å². The SMILES string of the molecule is O=C(CCc1cc2ccccc2[nH]c1=O)Nc1ccc2c(c1)CCN2C(=O)c1cccnc1. The summed E-state index contributed by atoms with van der Waals surface area (Å²) >= 11 is 0. The summed E-state index contributed by atoms with van der Waals surface area (Å²) in [4.78, 5) is 46.2. The van der Waals surface area contributed by atoms with E-state index >= 15 is 0 Å². The number of fused-ring (bicyclic) bond motifs is 2. The molecule has 0 fully saturated rings. The van der Waals surface area contributed by atoms with Gasteiger partial charge in [0.15, 0.2) is 0 Å². The molecule has 2 amide bonds. The number of hydrogen-bond acceptors (Lipinski definition) is 4. The van der Waals surface area contributed by atoms with Crippen LogP contribution in [0.3, 0.4) is 0 Å². The van der Waals surface area contributed by atoms with Crippen molar-refractivity contribution in [1.29, 1.82) is 0 Å². The molecule has 0 saturated carbocycles. The molecule has 33 heavy (non-hydrogen) atoms. The van der Waals surface area contributed by atoms with Crippen molar-refractivity contribution in [3.05, 3.63) is 100 Å². The topological polar surface area (TPSA) is 95.2 Å². The average molecular weight is 438 g/mol. The summed E-state index contributed by atoms with van der Waals surface area (Å²) in [6.45, 7) is 0.588. The highest BCUT2D eigenvalue weighted by Gasteiger charge is 2.26. The number of benzene rings is 2. The molecule has 2 aromatic carbocycles. The number of anilines is 2. The molecule has 1 aliphatic rings. The number of carbonyl (C=O) groups is 2. The maximum absolute atomic E-state index is 12.8. The van der Waals surface area contributed by atoms with Gasteiger partial charge in [-0.25, -0.2) is 0 Å². The largest absolute Gasteiger partial charge is 0.326 e. The summed E-state index contributed by atoms with van der Waals surface area (Å²) in [6, 6.07) is 18.5. The summed E-state index contributed by atoms with van der Waals surface area (Å²) in [5.74, 6) is -0.247. The van der Waals surface area contributed by atoms with Crippen LogP contribution in [-0.4, -0.2) is 28.3 Å². The van der Waals surface area contributed by atoms with Crippen LogP contribution < -0.4 is 15.8 Å². The number of nitrogens with one attached hydrogen (secondary N) is 2. The molecule has 3 heterocycles. The Morgan fingerprint density at radius 3 is 2.79 bits per heavy atom. The van der Waals surface area contributed by atoms with Crippen molar-refractivity contribution in [3.63, 3.8) is 0 Å². The van der Waals surface area contributed by atoms with Crippen molar-refractivity contribution in [2.45, 2.75) is 19.3 Å². The molecular weight excluding hydrogens is 416 g/mol. The average Bonchev–Trinajstić information content (AvgIpc) is 3.26. The second-order valence-corrected chi connectivity index (χ2v) is 8.05. The van der Waals surface area contributed by atoms with Gasteiger partial charge in [-0.15, -0.1) is 0 Å². The zero-order valence-corrected chi connectivity index (χ0v) is 17.9. The predicted molar refractivity (Wildman–Crippen MR) is 128 cm³/mol. The van der Waals surface area contributed by atoms with Gasteiger partial charge in [-0.1, -0.05) is 18.2 Å². The number of aromatic amines is 1. The molecule has 7 nitrogen and oxygen atoms in total. The van der Waals surface area contributed by atoms with Crippen LogP contribution in [0, 0.1) is 0 Å². The van der Waals surface area contributed by atoms with Crippen LogP contribution in [0.2, 0.25) is 0 Å². The Morgan fingerprint density at radius 1 is 1.06 bits per heavy atom. The van der Waals surface area contributed by atoms with Gasteiger partial charge in [0.25, 0.3) is 11.5 Å². The van der Waals surface area contributed by atoms with Crippen molar-refractivity contribution in [2.75, 3.05) is 16.8 Å². The molecular formula is C26H22N4O3. The van der Waals surface area contributed by atoms with Crippen molar-refractivity contribution in [2.24, 2.45) is 0 Å². The Hall–Kier alpha value is -4.26. The van der Waals surface area contributed by atoms with E-state index in [1.807, 2.05) is 42.5 Å². The zero-order valence-electron chi connectivity index (χ0n) is 17.9. The summed E-state index contributed by atoms with van der Waals surface area (Å²) < 4.78 is 0. The van der Waals surface area contributed by atoms with Gasteiger partial charge in [0.1, 0.15) is 0 Å². The van der Waals surface area contributed by atoms with Gasteiger partial charge >= 0.3 is 0 Å². The molecule has 0 atom stereocenters. The van der Waals surface area contributed by atoms with Gasteiger partial charge in [0.05, 0.1) is 5.56 Å². The first-order valence-electron chi connectivity index (χ1n) is 10.8. The Kier molecular flexibility index (Phi) is 5.44. The summed E-state index contributed by atoms with van der Waals surface area (Å²) in [6.07, 6.45) is 4.47. The Bertz CT molecular complexity index is 1410. The van der Waals surface area contributed by atoms with Crippen molar-refractivity contribution < 1.29 is 9.59 Å². The van der Waals surface area contributed by atoms with E-state index in [1.165, 1.54) is 0 Å². The Morgan fingerprint density at radius 2 is 1.94 bits per heavy atom. The molecule has 2 N–H and O–H groups in total. The molecule has 0 unspecified atom stereocenters. The normalized spacial score (nSPS) is 12.5. The van der Waals surface area contributed by atoms with Crippen LogP contribution in [-0.2, 0) is 17.6 Å². The Balaban J connectivity index is 1.24. The minimum Gasteiger partial charge on any atom is -0.326 e. The summed E-state index contributed by atoms with van der Waals surface area (Å²) in [7, 11) is 0. The van der Waals surface area contributed by atoms with Gasteiger partial charge < -0.3 is 15.2 Å². The van der Waals surface area contributed by atoms with E-state index in [2.05, 4.69) is 15.3 Å². The molecule has 5 rings (SSSR count). The van der Waals surface area contributed by atoms with Crippen molar-refractivity contribution >= 4 is 34.1 Å². The van der Waals surface area contributed by atoms with E-state index in [9.17, 15) is 14.4 Å². The molecule has 7 heteroatoms. The fourth-order valence-corrected chi connectivity index (χ4v) is 4.19. The number of rotatable bonds is 5. The lowest BCUT2D eigenvalue weighted by atomic mass is 10.1. The van der Waals surface area contributed by atoms with E-state index in [0.717, 1.165) is 28.6 Å².